The molecule has 6 nitrogen and oxygen atoms in total. The van der Waals surface area contributed by atoms with E-state index in [0.717, 1.165) is 89.9 Å². The molecular weight excluding hydrogens is 829 g/mol. The lowest BCUT2D eigenvalue weighted by molar-refractivity contribution is -0.167. The van der Waals surface area contributed by atoms with Gasteiger partial charge < -0.3 is 14.2 Å². The highest BCUT2D eigenvalue weighted by atomic mass is 16.6. The second kappa shape index (κ2) is 55.7. The van der Waals surface area contributed by atoms with Crippen molar-refractivity contribution in [3.05, 3.63) is 60.8 Å². The first-order valence-corrected chi connectivity index (χ1v) is 28.8. The van der Waals surface area contributed by atoms with Crippen LogP contribution in [-0.2, 0) is 28.6 Å². The molecule has 0 amide bonds. The zero-order valence-corrected chi connectivity index (χ0v) is 44.4. The van der Waals surface area contributed by atoms with Gasteiger partial charge in [0.15, 0.2) is 6.10 Å². The Kier molecular flexibility index (Phi) is 53.3. The number of esters is 3. The van der Waals surface area contributed by atoms with E-state index in [-0.39, 0.29) is 31.1 Å². The van der Waals surface area contributed by atoms with Gasteiger partial charge >= 0.3 is 17.9 Å². The number of unbranched alkanes of at least 4 members (excludes halogenated alkanes) is 31. The Balaban J connectivity index is 4.39. The third-order valence-corrected chi connectivity index (χ3v) is 12.5. The molecule has 0 aromatic heterocycles. The summed E-state index contributed by atoms with van der Waals surface area (Å²) in [5.74, 6) is -0.898. The second-order valence-electron chi connectivity index (χ2n) is 19.2. The van der Waals surface area contributed by atoms with E-state index in [1.54, 1.807) is 0 Å². The summed E-state index contributed by atoms with van der Waals surface area (Å²) in [7, 11) is 0. The molecule has 0 rings (SSSR count). The Morgan fingerprint density at radius 2 is 0.537 bits per heavy atom. The fourth-order valence-electron chi connectivity index (χ4n) is 8.09. The Hall–Kier alpha value is -2.89. The Morgan fingerprint density at radius 3 is 0.836 bits per heavy atom. The lowest BCUT2D eigenvalue weighted by Gasteiger charge is -2.18. The number of hydrogen-bond acceptors (Lipinski definition) is 6. The van der Waals surface area contributed by atoms with Crippen LogP contribution < -0.4 is 0 Å². The van der Waals surface area contributed by atoms with Crippen LogP contribution in [0.1, 0.15) is 290 Å². The molecule has 0 fully saturated rings. The molecule has 1 unspecified atom stereocenters. The summed E-state index contributed by atoms with van der Waals surface area (Å²) >= 11 is 0. The fourth-order valence-corrected chi connectivity index (χ4v) is 8.09. The summed E-state index contributed by atoms with van der Waals surface area (Å²) in [6, 6.07) is 0. The van der Waals surface area contributed by atoms with E-state index in [4.69, 9.17) is 14.2 Å². The molecule has 0 spiro atoms. The van der Waals surface area contributed by atoms with Crippen LogP contribution in [0.3, 0.4) is 0 Å². The Labute approximate surface area is 415 Å². The minimum absolute atomic E-state index is 0.0835. The van der Waals surface area contributed by atoms with Crippen molar-refractivity contribution in [2.24, 2.45) is 0 Å². The maximum atomic E-state index is 12.9. The molecule has 0 aromatic rings. The highest BCUT2D eigenvalue weighted by molar-refractivity contribution is 5.71. The van der Waals surface area contributed by atoms with E-state index in [9.17, 15) is 14.4 Å². The van der Waals surface area contributed by atoms with E-state index in [2.05, 4.69) is 81.5 Å². The summed E-state index contributed by atoms with van der Waals surface area (Å²) in [6.45, 7) is 6.59. The van der Waals surface area contributed by atoms with Crippen molar-refractivity contribution < 1.29 is 28.6 Å². The zero-order chi connectivity index (χ0) is 48.6. The monoisotopic (exact) mass is 937 g/mol. The van der Waals surface area contributed by atoms with Gasteiger partial charge in [0, 0.05) is 19.3 Å². The lowest BCUT2D eigenvalue weighted by atomic mass is 10.1. The van der Waals surface area contributed by atoms with Crippen molar-refractivity contribution in [2.45, 2.75) is 297 Å². The third-order valence-electron chi connectivity index (χ3n) is 12.5. The maximum absolute atomic E-state index is 12.9. The van der Waals surface area contributed by atoms with Crippen LogP contribution in [0, 0.1) is 0 Å². The molecule has 0 aliphatic rings. The van der Waals surface area contributed by atoms with Crippen molar-refractivity contribution in [2.75, 3.05) is 13.2 Å². The SMILES string of the molecule is CCCCCC/C=C\C/C=C\CCCCCCCCCC(=O)OCC(COC(=O)CCCCCCC/C=C\CCCCCC)OC(=O)CCCCCCCCC/C=C\C/C=C\CCCCCC. The molecule has 1 atom stereocenters. The minimum Gasteiger partial charge on any atom is -0.462 e. The quantitative estimate of drug-likeness (QED) is 0.0262. The number of allylic oxidation sites excluding steroid dienone is 10. The minimum atomic E-state index is -0.785. The normalized spacial score (nSPS) is 12.5. The number of rotatable bonds is 52. The Bertz CT molecular complexity index is 1210. The van der Waals surface area contributed by atoms with E-state index in [1.807, 2.05) is 0 Å². The number of carbonyl (C=O) groups excluding carboxylic acids is 3. The second-order valence-corrected chi connectivity index (χ2v) is 19.2. The first-order valence-electron chi connectivity index (χ1n) is 28.8. The highest BCUT2D eigenvalue weighted by Crippen LogP contribution is 2.15. The van der Waals surface area contributed by atoms with Crippen molar-refractivity contribution >= 4 is 17.9 Å². The predicted molar refractivity (Wildman–Crippen MR) is 288 cm³/mol. The van der Waals surface area contributed by atoms with Gasteiger partial charge in [0.05, 0.1) is 0 Å². The van der Waals surface area contributed by atoms with E-state index >= 15 is 0 Å². The summed E-state index contributed by atoms with van der Waals surface area (Å²) in [5, 5.41) is 0. The first kappa shape index (κ1) is 64.1. The summed E-state index contributed by atoms with van der Waals surface area (Å²) in [6.07, 6.45) is 69.1. The van der Waals surface area contributed by atoms with Gasteiger partial charge in [0.1, 0.15) is 13.2 Å². The summed E-state index contributed by atoms with van der Waals surface area (Å²) < 4.78 is 16.9. The van der Waals surface area contributed by atoms with Crippen molar-refractivity contribution in [3.63, 3.8) is 0 Å². The standard InChI is InChI=1S/C61H108O6/c1-4-7-10-13-16-19-22-25-27-29-31-33-36-39-42-45-48-51-54-60(63)66-57-58(56-65-59(62)53-50-47-44-41-38-35-24-21-18-15-12-9-6-3)67-61(64)55-52-49-46-43-40-37-34-32-30-28-26-23-20-17-14-11-8-5-2/h19-24,27-30,58H,4-18,25-26,31-57H2,1-3H3/b22-19-,23-20-,24-21-,29-27-,30-28-. The summed E-state index contributed by atoms with van der Waals surface area (Å²) in [5.41, 5.74) is 0. The lowest BCUT2D eigenvalue weighted by Crippen LogP contribution is -2.30. The molecule has 6 heteroatoms. The first-order chi connectivity index (χ1) is 33.0. The Morgan fingerprint density at radius 1 is 0.299 bits per heavy atom. The molecule has 67 heavy (non-hydrogen) atoms. The number of ether oxygens (including phenoxy) is 3. The molecule has 0 aliphatic carbocycles. The van der Waals surface area contributed by atoms with Crippen LogP contribution >= 0.6 is 0 Å². The topological polar surface area (TPSA) is 78.9 Å². The van der Waals surface area contributed by atoms with Crippen LogP contribution in [-0.4, -0.2) is 37.2 Å². The van der Waals surface area contributed by atoms with Gasteiger partial charge in [0.2, 0.25) is 0 Å². The van der Waals surface area contributed by atoms with Gasteiger partial charge in [-0.2, -0.15) is 0 Å². The van der Waals surface area contributed by atoms with Crippen LogP contribution in [0.5, 0.6) is 0 Å². The number of hydrogen-bond donors (Lipinski definition) is 0. The van der Waals surface area contributed by atoms with Crippen molar-refractivity contribution in [1.29, 1.82) is 0 Å². The molecule has 0 aromatic carbocycles. The van der Waals surface area contributed by atoms with Gasteiger partial charge in [-0.15, -0.1) is 0 Å². The maximum Gasteiger partial charge on any atom is 0.306 e. The molecule has 388 valence electrons. The van der Waals surface area contributed by atoms with Gasteiger partial charge in [-0.1, -0.05) is 223 Å². The predicted octanol–water partition coefficient (Wildman–Crippen LogP) is 19.2. The van der Waals surface area contributed by atoms with Gasteiger partial charge in [-0.3, -0.25) is 14.4 Å². The molecule has 0 radical (unpaired) electrons. The largest absolute Gasteiger partial charge is 0.462 e. The van der Waals surface area contributed by atoms with Gasteiger partial charge in [-0.25, -0.2) is 0 Å². The van der Waals surface area contributed by atoms with Crippen LogP contribution in [0.4, 0.5) is 0 Å². The molecule has 0 heterocycles. The van der Waals surface area contributed by atoms with Crippen LogP contribution in [0.2, 0.25) is 0 Å². The van der Waals surface area contributed by atoms with Gasteiger partial charge in [0.25, 0.3) is 0 Å². The van der Waals surface area contributed by atoms with E-state index < -0.39 is 6.10 Å². The molecule has 0 N–H and O–H groups in total. The van der Waals surface area contributed by atoms with Gasteiger partial charge in [-0.05, 0) is 109 Å². The third kappa shape index (κ3) is 53.9. The zero-order valence-electron chi connectivity index (χ0n) is 44.4. The average molecular weight is 938 g/mol. The number of carbonyl (C=O) groups is 3. The van der Waals surface area contributed by atoms with Crippen molar-refractivity contribution in [1.82, 2.24) is 0 Å². The van der Waals surface area contributed by atoms with Crippen LogP contribution in [0.15, 0.2) is 60.8 Å². The molecule has 0 saturated heterocycles. The van der Waals surface area contributed by atoms with E-state index in [0.29, 0.717) is 19.3 Å². The average Bonchev–Trinajstić information content (AvgIpc) is 3.33. The molecule has 0 aliphatic heterocycles. The fraction of sp³-hybridized carbons (Fsp3) is 0.787. The van der Waals surface area contributed by atoms with Crippen molar-refractivity contribution in [3.8, 4) is 0 Å². The molecule has 0 bridgehead atoms. The van der Waals surface area contributed by atoms with Crippen LogP contribution in [0.25, 0.3) is 0 Å². The van der Waals surface area contributed by atoms with E-state index in [1.165, 1.54) is 161 Å². The molecular formula is C61H108O6. The smallest absolute Gasteiger partial charge is 0.306 e. The highest BCUT2D eigenvalue weighted by Gasteiger charge is 2.19. The molecule has 0 saturated carbocycles. The summed E-state index contributed by atoms with van der Waals surface area (Å²) in [4.78, 5) is 38.1.